The number of fused-ring (bicyclic) bond motifs is 1. The van der Waals surface area contributed by atoms with Crippen molar-refractivity contribution in [3.63, 3.8) is 0 Å². The Morgan fingerprint density at radius 1 is 1.14 bits per heavy atom. The number of aromatic nitrogens is 1. The molecule has 0 unspecified atom stereocenters. The lowest BCUT2D eigenvalue weighted by molar-refractivity contribution is -0.274. The summed E-state index contributed by atoms with van der Waals surface area (Å²) in [6.07, 6.45) is -1.87. The van der Waals surface area contributed by atoms with Gasteiger partial charge in [0.1, 0.15) is 11.6 Å². The van der Waals surface area contributed by atoms with Crippen molar-refractivity contribution >= 4 is 17.4 Å². The number of benzene rings is 1. The molecule has 1 amide bonds. The molecule has 2 aliphatic rings. The number of hydrogen-bond donors (Lipinski definition) is 0. The number of halogens is 3. The summed E-state index contributed by atoms with van der Waals surface area (Å²) < 4.78 is 46.9. The number of amides is 1. The second-order valence-corrected chi connectivity index (χ2v) is 6.87. The average molecular weight is 407 g/mol. The van der Waals surface area contributed by atoms with E-state index in [0.717, 1.165) is 0 Å². The number of carbonyl (C=O) groups excluding carboxylic acids is 1. The van der Waals surface area contributed by atoms with Gasteiger partial charge in [-0.1, -0.05) is 0 Å². The summed E-state index contributed by atoms with van der Waals surface area (Å²) in [7, 11) is 0. The van der Waals surface area contributed by atoms with Crippen LogP contribution in [0, 0.1) is 0 Å². The summed E-state index contributed by atoms with van der Waals surface area (Å²) in [6.45, 7) is 2.91. The molecule has 154 valence electrons. The number of morpholine rings is 1. The molecule has 6 nitrogen and oxygen atoms in total. The van der Waals surface area contributed by atoms with Crippen molar-refractivity contribution < 1.29 is 27.4 Å². The molecule has 3 heterocycles. The predicted molar refractivity (Wildman–Crippen MR) is 100 cm³/mol. The Bertz CT molecular complexity index is 898. The van der Waals surface area contributed by atoms with Crippen molar-refractivity contribution in [1.82, 2.24) is 4.98 Å². The second-order valence-electron chi connectivity index (χ2n) is 6.87. The van der Waals surface area contributed by atoms with Gasteiger partial charge in [-0.25, -0.2) is 4.98 Å². The van der Waals surface area contributed by atoms with E-state index in [1.165, 1.54) is 18.2 Å². The molecule has 29 heavy (non-hydrogen) atoms. The highest BCUT2D eigenvalue weighted by molar-refractivity contribution is 6.09. The molecule has 9 heteroatoms. The topological polar surface area (TPSA) is 54.9 Å². The normalized spacial score (nSPS) is 17.1. The Labute approximate surface area is 165 Å². The smallest absolute Gasteiger partial charge is 0.406 e. The van der Waals surface area contributed by atoms with Gasteiger partial charge in [0.15, 0.2) is 0 Å². The minimum Gasteiger partial charge on any atom is -0.406 e. The van der Waals surface area contributed by atoms with E-state index < -0.39 is 6.36 Å². The number of nitrogens with zero attached hydrogens (tertiary/aromatic N) is 3. The summed E-state index contributed by atoms with van der Waals surface area (Å²) in [5.41, 5.74) is 1.73. The summed E-state index contributed by atoms with van der Waals surface area (Å²) >= 11 is 0. The van der Waals surface area contributed by atoms with E-state index in [1.807, 2.05) is 4.90 Å². The maximum atomic E-state index is 13.4. The van der Waals surface area contributed by atoms with E-state index in [-0.39, 0.29) is 11.7 Å². The first-order valence-corrected chi connectivity index (χ1v) is 9.40. The van der Waals surface area contributed by atoms with E-state index in [0.29, 0.717) is 68.3 Å². The summed E-state index contributed by atoms with van der Waals surface area (Å²) in [5, 5.41) is 0. The van der Waals surface area contributed by atoms with E-state index in [4.69, 9.17) is 4.74 Å². The molecular weight excluding hydrogens is 387 g/mol. The van der Waals surface area contributed by atoms with Gasteiger partial charge in [0, 0.05) is 31.5 Å². The molecule has 1 aromatic heterocycles. The molecule has 2 aliphatic heterocycles. The van der Waals surface area contributed by atoms with E-state index in [1.54, 1.807) is 23.2 Å². The van der Waals surface area contributed by atoms with Crippen LogP contribution in [0.25, 0.3) is 0 Å². The Morgan fingerprint density at radius 2 is 1.93 bits per heavy atom. The SMILES string of the molecule is O=C(c1cccnc1N1CCOCC1)N1CCCc2cc(OC(F)(F)F)ccc21. The van der Waals surface area contributed by atoms with Gasteiger partial charge in [-0.2, -0.15) is 0 Å². The lowest BCUT2D eigenvalue weighted by atomic mass is 10.0. The fourth-order valence-electron chi connectivity index (χ4n) is 3.72. The van der Waals surface area contributed by atoms with Gasteiger partial charge in [0.05, 0.1) is 18.8 Å². The summed E-state index contributed by atoms with van der Waals surface area (Å²) in [4.78, 5) is 21.4. The Balaban J connectivity index is 1.63. The Hall–Kier alpha value is -2.81. The Morgan fingerprint density at radius 3 is 2.69 bits per heavy atom. The maximum absolute atomic E-state index is 13.4. The number of hydrogen-bond acceptors (Lipinski definition) is 5. The predicted octanol–water partition coefficient (Wildman–Crippen LogP) is 3.41. The van der Waals surface area contributed by atoms with Crippen molar-refractivity contribution in [3.8, 4) is 5.75 Å². The van der Waals surface area contributed by atoms with Gasteiger partial charge >= 0.3 is 6.36 Å². The van der Waals surface area contributed by atoms with Gasteiger partial charge in [-0.15, -0.1) is 13.2 Å². The zero-order valence-corrected chi connectivity index (χ0v) is 15.6. The standard InChI is InChI=1S/C20H20F3N3O3/c21-20(22,23)29-15-5-6-17-14(13-15)3-2-8-26(17)19(27)16-4-1-7-24-18(16)25-9-11-28-12-10-25/h1,4-7,13H,2-3,8-12H2. The third-order valence-electron chi connectivity index (χ3n) is 4.98. The van der Waals surface area contributed by atoms with Crippen LogP contribution >= 0.6 is 0 Å². The Kier molecular flexibility index (Phi) is 5.31. The van der Waals surface area contributed by atoms with Gasteiger partial charge < -0.3 is 19.3 Å². The molecule has 1 fully saturated rings. The number of carbonyl (C=O) groups is 1. The van der Waals surface area contributed by atoms with Crippen molar-refractivity contribution in [2.45, 2.75) is 19.2 Å². The van der Waals surface area contributed by atoms with Crippen LogP contribution < -0.4 is 14.5 Å². The first kappa shape index (κ1) is 19.5. The number of aryl methyl sites for hydroxylation is 1. The monoisotopic (exact) mass is 407 g/mol. The number of pyridine rings is 1. The van der Waals surface area contributed by atoms with E-state index in [9.17, 15) is 18.0 Å². The van der Waals surface area contributed by atoms with Crippen molar-refractivity contribution in [2.75, 3.05) is 42.6 Å². The zero-order chi connectivity index (χ0) is 20.4. The van der Waals surface area contributed by atoms with Crippen LogP contribution in [-0.2, 0) is 11.2 Å². The highest BCUT2D eigenvalue weighted by Gasteiger charge is 2.32. The van der Waals surface area contributed by atoms with E-state index >= 15 is 0 Å². The van der Waals surface area contributed by atoms with Crippen molar-refractivity contribution in [2.24, 2.45) is 0 Å². The molecule has 2 aromatic rings. The van der Waals surface area contributed by atoms with Crippen LogP contribution in [0.3, 0.4) is 0 Å². The third kappa shape index (κ3) is 4.29. The van der Waals surface area contributed by atoms with Crippen molar-refractivity contribution in [1.29, 1.82) is 0 Å². The molecule has 0 spiro atoms. The quantitative estimate of drug-likeness (QED) is 0.781. The largest absolute Gasteiger partial charge is 0.573 e. The molecule has 0 atom stereocenters. The molecule has 4 rings (SSSR count). The summed E-state index contributed by atoms with van der Waals surface area (Å²) in [5.74, 6) is 0.107. The minimum atomic E-state index is -4.75. The molecule has 1 saturated heterocycles. The van der Waals surface area contributed by atoms with Gasteiger partial charge in [0.2, 0.25) is 0 Å². The maximum Gasteiger partial charge on any atom is 0.573 e. The van der Waals surface area contributed by atoms with Gasteiger partial charge in [0.25, 0.3) is 5.91 Å². The van der Waals surface area contributed by atoms with Crippen molar-refractivity contribution in [3.05, 3.63) is 47.7 Å². The molecular formula is C20H20F3N3O3. The molecule has 0 N–H and O–H groups in total. The van der Waals surface area contributed by atoms with Crippen LogP contribution in [0.5, 0.6) is 5.75 Å². The third-order valence-corrected chi connectivity index (χ3v) is 4.98. The molecule has 0 radical (unpaired) electrons. The minimum absolute atomic E-state index is 0.218. The fraction of sp³-hybridized carbons (Fsp3) is 0.400. The average Bonchev–Trinajstić information content (AvgIpc) is 2.72. The summed E-state index contributed by atoms with van der Waals surface area (Å²) in [6, 6.07) is 7.55. The van der Waals surface area contributed by atoms with Crippen LogP contribution in [-0.4, -0.2) is 50.1 Å². The fourth-order valence-corrected chi connectivity index (χ4v) is 3.72. The van der Waals surface area contributed by atoms with Crippen LogP contribution in [0.15, 0.2) is 36.5 Å². The first-order chi connectivity index (χ1) is 13.9. The molecule has 0 aliphatic carbocycles. The lowest BCUT2D eigenvalue weighted by Gasteiger charge is -2.33. The number of alkyl halides is 3. The van der Waals surface area contributed by atoms with Gasteiger partial charge in [-0.05, 0) is 48.7 Å². The number of rotatable bonds is 3. The molecule has 0 saturated carbocycles. The molecule has 0 bridgehead atoms. The van der Waals surface area contributed by atoms with Crippen LogP contribution in [0.2, 0.25) is 0 Å². The number of ether oxygens (including phenoxy) is 2. The zero-order valence-electron chi connectivity index (χ0n) is 15.6. The molecule has 1 aromatic carbocycles. The van der Waals surface area contributed by atoms with Gasteiger partial charge in [-0.3, -0.25) is 4.79 Å². The van der Waals surface area contributed by atoms with E-state index in [2.05, 4.69) is 9.72 Å². The number of anilines is 2. The second kappa shape index (κ2) is 7.90. The highest BCUT2D eigenvalue weighted by atomic mass is 19.4. The first-order valence-electron chi connectivity index (χ1n) is 9.40. The lowest BCUT2D eigenvalue weighted by Crippen LogP contribution is -2.40. The van der Waals surface area contributed by atoms with Crippen LogP contribution in [0.4, 0.5) is 24.7 Å². The van der Waals surface area contributed by atoms with Crippen LogP contribution in [0.1, 0.15) is 22.3 Å². The highest BCUT2D eigenvalue weighted by Crippen LogP contribution is 2.34.